The Morgan fingerprint density at radius 1 is 1.14 bits per heavy atom. The Labute approximate surface area is 164 Å². The zero-order valence-electron chi connectivity index (χ0n) is 15.7. The highest BCUT2D eigenvalue weighted by Gasteiger charge is 2.33. The number of hydrogen-bond donors (Lipinski definition) is 0. The maximum absolute atomic E-state index is 13.4. The number of rotatable bonds is 3. The van der Waals surface area contributed by atoms with Gasteiger partial charge in [-0.2, -0.15) is 0 Å². The van der Waals surface area contributed by atoms with Crippen molar-refractivity contribution in [2.24, 2.45) is 0 Å². The number of aryl methyl sites for hydroxylation is 1. The third-order valence-corrected chi connectivity index (χ3v) is 5.39. The van der Waals surface area contributed by atoms with Crippen LogP contribution in [0.1, 0.15) is 5.56 Å². The Bertz CT molecular complexity index is 1260. The van der Waals surface area contributed by atoms with Gasteiger partial charge in [-0.15, -0.1) is 0 Å². The normalized spacial score (nSPS) is 13.7. The quantitative estimate of drug-likeness (QED) is 0.495. The summed E-state index contributed by atoms with van der Waals surface area (Å²) in [6.07, 6.45) is 0.536. The van der Waals surface area contributed by atoms with Crippen molar-refractivity contribution in [1.29, 1.82) is 0 Å². The Morgan fingerprint density at radius 3 is 2.59 bits per heavy atom. The fourth-order valence-corrected chi connectivity index (χ4v) is 4.14. The van der Waals surface area contributed by atoms with Gasteiger partial charge in [-0.3, -0.25) is 14.9 Å². The highest BCUT2D eigenvalue weighted by molar-refractivity contribution is 6.01. The molecule has 3 heterocycles. The zero-order chi connectivity index (χ0) is 20.3. The van der Waals surface area contributed by atoms with Crippen LogP contribution in [0.3, 0.4) is 0 Å². The second kappa shape index (κ2) is 6.13. The van der Waals surface area contributed by atoms with Crippen molar-refractivity contribution in [3.05, 3.63) is 50.3 Å². The van der Waals surface area contributed by atoms with Crippen LogP contribution >= 0.6 is 0 Å². The molecule has 2 aromatic carbocycles. The lowest BCUT2D eigenvalue weighted by Crippen LogP contribution is -2.27. The Balaban J connectivity index is 1.94. The highest BCUT2D eigenvalue weighted by Crippen LogP contribution is 2.46. The van der Waals surface area contributed by atoms with Gasteiger partial charge in [0, 0.05) is 12.1 Å². The highest BCUT2D eigenvalue weighted by atomic mass is 16.7. The molecular weight excluding hydrogens is 380 g/mol. The number of hydrogen-bond acceptors (Lipinski definition) is 7. The van der Waals surface area contributed by atoms with E-state index >= 15 is 0 Å². The molecule has 0 amide bonds. The van der Waals surface area contributed by atoms with E-state index in [-0.39, 0.29) is 40.3 Å². The molecule has 0 bridgehead atoms. The minimum atomic E-state index is -0.459. The summed E-state index contributed by atoms with van der Waals surface area (Å²) in [7, 11) is 2.86. The number of pyridine rings is 1. The van der Waals surface area contributed by atoms with E-state index < -0.39 is 4.92 Å². The lowest BCUT2D eigenvalue weighted by atomic mass is 9.93. The Hall–Kier alpha value is -3.75. The van der Waals surface area contributed by atoms with Crippen molar-refractivity contribution in [1.82, 2.24) is 4.57 Å². The van der Waals surface area contributed by atoms with Gasteiger partial charge in [-0.05, 0) is 36.2 Å². The van der Waals surface area contributed by atoms with Gasteiger partial charge in [0.2, 0.25) is 6.79 Å². The molecule has 0 N–H and O–H groups in total. The largest absolute Gasteiger partial charge is 0.493 e. The van der Waals surface area contributed by atoms with Gasteiger partial charge < -0.3 is 23.5 Å². The predicted molar refractivity (Wildman–Crippen MR) is 103 cm³/mol. The molecule has 0 saturated heterocycles. The molecule has 0 spiro atoms. The summed E-state index contributed by atoms with van der Waals surface area (Å²) in [4.78, 5) is 25.1. The number of benzene rings is 2. The van der Waals surface area contributed by atoms with Crippen LogP contribution in [0.5, 0.6) is 23.0 Å². The molecule has 9 nitrogen and oxygen atoms in total. The molecule has 1 aromatic heterocycles. The van der Waals surface area contributed by atoms with Gasteiger partial charge >= 0.3 is 5.69 Å². The van der Waals surface area contributed by atoms with Crippen molar-refractivity contribution in [3.63, 3.8) is 0 Å². The van der Waals surface area contributed by atoms with Crippen LogP contribution in [0.15, 0.2) is 29.1 Å². The maximum atomic E-state index is 13.4. The van der Waals surface area contributed by atoms with Crippen molar-refractivity contribution in [3.8, 4) is 34.3 Å². The van der Waals surface area contributed by atoms with Crippen molar-refractivity contribution >= 4 is 16.5 Å². The lowest BCUT2D eigenvalue weighted by Gasteiger charge is -2.23. The third-order valence-electron chi connectivity index (χ3n) is 5.39. The first-order chi connectivity index (χ1) is 14.0. The van der Waals surface area contributed by atoms with E-state index in [1.807, 2.05) is 6.07 Å². The molecule has 0 atom stereocenters. The second-order valence-electron chi connectivity index (χ2n) is 6.75. The van der Waals surface area contributed by atoms with Gasteiger partial charge in [0.25, 0.3) is 5.56 Å². The smallest absolute Gasteiger partial charge is 0.301 e. The van der Waals surface area contributed by atoms with Crippen LogP contribution in [0.2, 0.25) is 0 Å². The summed E-state index contributed by atoms with van der Waals surface area (Å²) in [6.45, 7) is 0.403. The Morgan fingerprint density at radius 2 is 1.90 bits per heavy atom. The third kappa shape index (κ3) is 2.30. The van der Waals surface area contributed by atoms with Crippen molar-refractivity contribution in [2.75, 3.05) is 21.0 Å². The molecule has 29 heavy (non-hydrogen) atoms. The summed E-state index contributed by atoms with van der Waals surface area (Å²) in [5, 5.41) is 12.5. The molecule has 9 heteroatoms. The van der Waals surface area contributed by atoms with E-state index in [4.69, 9.17) is 18.9 Å². The summed E-state index contributed by atoms with van der Waals surface area (Å²) in [5.74, 6) is 1.64. The van der Waals surface area contributed by atoms with Gasteiger partial charge in [0.15, 0.2) is 23.0 Å². The van der Waals surface area contributed by atoms with Gasteiger partial charge in [-0.25, -0.2) is 0 Å². The fraction of sp³-hybridized carbons (Fsp3) is 0.250. The molecule has 2 aliphatic heterocycles. The van der Waals surface area contributed by atoms with E-state index in [2.05, 4.69) is 0 Å². The number of nitro groups is 1. The number of nitrogens with zero attached hydrogens (tertiary/aromatic N) is 2. The van der Waals surface area contributed by atoms with E-state index in [0.29, 0.717) is 35.8 Å². The van der Waals surface area contributed by atoms with E-state index in [1.54, 1.807) is 12.1 Å². The molecule has 5 rings (SSSR count). The topological polar surface area (TPSA) is 102 Å². The summed E-state index contributed by atoms with van der Waals surface area (Å²) in [6, 6.07) is 6.63. The number of aromatic nitrogens is 1. The molecule has 3 aromatic rings. The number of ether oxygens (including phenoxy) is 4. The average molecular weight is 396 g/mol. The maximum Gasteiger partial charge on any atom is 0.301 e. The van der Waals surface area contributed by atoms with Gasteiger partial charge in [0.1, 0.15) is 5.69 Å². The number of methoxy groups -OCH3 is 2. The molecular formula is C20H16N2O7. The molecule has 0 saturated carbocycles. The van der Waals surface area contributed by atoms with Crippen LogP contribution in [0, 0.1) is 10.1 Å². The van der Waals surface area contributed by atoms with Crippen LogP contribution in [-0.4, -0.2) is 30.5 Å². The number of fused-ring (bicyclic) bond motifs is 5. The zero-order valence-corrected chi connectivity index (χ0v) is 15.7. The summed E-state index contributed by atoms with van der Waals surface area (Å²) >= 11 is 0. The minimum Gasteiger partial charge on any atom is -0.493 e. The SMILES string of the molecule is COc1ccc2c([N+](=O)[O-])c3n(c(=O)c2c1OC)CCc1cc2c(cc1-3)OCO2. The first-order valence-corrected chi connectivity index (χ1v) is 8.94. The molecule has 148 valence electrons. The van der Waals surface area contributed by atoms with Gasteiger partial charge in [-0.1, -0.05) is 0 Å². The minimum absolute atomic E-state index is 0.0990. The fourth-order valence-electron chi connectivity index (χ4n) is 4.14. The standard InChI is InChI=1S/C20H16N2O7/c1-26-13-4-3-11-16(19(13)27-2)20(23)21-6-5-10-7-14-15(29-9-28-14)8-12(10)17(21)18(11)22(24)25/h3-4,7-8H,5-6,9H2,1-2H3. The lowest BCUT2D eigenvalue weighted by molar-refractivity contribution is -0.382. The second-order valence-corrected chi connectivity index (χ2v) is 6.75. The predicted octanol–water partition coefficient (Wildman–Crippen LogP) is 2.88. The first kappa shape index (κ1) is 17.4. The van der Waals surface area contributed by atoms with Gasteiger partial charge in [0.05, 0.1) is 29.9 Å². The molecule has 0 radical (unpaired) electrons. The molecule has 2 aliphatic rings. The molecule has 0 aliphatic carbocycles. The van der Waals surface area contributed by atoms with Crippen LogP contribution in [0.25, 0.3) is 22.0 Å². The average Bonchev–Trinajstić information content (AvgIpc) is 3.18. The van der Waals surface area contributed by atoms with Crippen LogP contribution in [0.4, 0.5) is 5.69 Å². The van der Waals surface area contributed by atoms with E-state index in [1.165, 1.54) is 24.9 Å². The van der Waals surface area contributed by atoms with Crippen molar-refractivity contribution < 1.29 is 23.9 Å². The Kier molecular flexibility index (Phi) is 3.67. The summed E-state index contributed by atoms with van der Waals surface area (Å²) in [5.41, 5.74) is 1.22. The van der Waals surface area contributed by atoms with Crippen LogP contribution < -0.4 is 24.5 Å². The molecule has 0 fully saturated rings. The van der Waals surface area contributed by atoms with Crippen molar-refractivity contribution in [2.45, 2.75) is 13.0 Å². The van der Waals surface area contributed by atoms with E-state index in [0.717, 1.165) is 5.56 Å². The van der Waals surface area contributed by atoms with Crippen LogP contribution in [-0.2, 0) is 13.0 Å². The monoisotopic (exact) mass is 396 g/mol. The summed E-state index contributed by atoms with van der Waals surface area (Å²) < 4.78 is 23.0. The molecule has 0 unspecified atom stereocenters. The first-order valence-electron chi connectivity index (χ1n) is 8.94. The van der Waals surface area contributed by atoms with E-state index in [9.17, 15) is 14.9 Å².